The van der Waals surface area contributed by atoms with Crippen LogP contribution in [-0.2, 0) is 21.2 Å². The van der Waals surface area contributed by atoms with Crippen LogP contribution in [0.3, 0.4) is 0 Å². The lowest BCUT2D eigenvalue weighted by Crippen LogP contribution is -2.03. The van der Waals surface area contributed by atoms with E-state index in [0.717, 1.165) is 42.5 Å². The highest BCUT2D eigenvalue weighted by Gasteiger charge is 2.14. The minimum atomic E-state index is -3.75. The summed E-state index contributed by atoms with van der Waals surface area (Å²) in [5.41, 5.74) is 5.45. The number of rotatable bonds is 4. The van der Waals surface area contributed by atoms with E-state index < -0.39 is 10.0 Å². The number of aryl methyl sites for hydroxylation is 4. The Morgan fingerprint density at radius 3 is 1.97 bits per heavy atom. The molecule has 0 saturated carbocycles. The molecule has 3 aromatic rings. The highest BCUT2D eigenvalue weighted by molar-refractivity contribution is 8.22. The smallest absolute Gasteiger partial charge is 0.198 e. The van der Waals surface area contributed by atoms with E-state index in [1.165, 1.54) is 17.3 Å². The Bertz CT molecular complexity index is 1170. The molecule has 0 atom stereocenters. The summed E-state index contributed by atoms with van der Waals surface area (Å²) < 4.78 is 30.4. The Balaban J connectivity index is 2.15. The van der Waals surface area contributed by atoms with Gasteiger partial charge in [0.2, 0.25) is 0 Å². The fourth-order valence-electron chi connectivity index (χ4n) is 3.05. The molecule has 0 unspecified atom stereocenters. The largest absolute Gasteiger partial charge is 0.292 e. The van der Waals surface area contributed by atoms with Gasteiger partial charge in [0, 0.05) is 10.5 Å². The maximum Gasteiger partial charge on any atom is 0.292 e. The molecule has 0 aromatic heterocycles. The molecule has 0 saturated heterocycles. The van der Waals surface area contributed by atoms with Crippen LogP contribution < -0.4 is 0 Å². The van der Waals surface area contributed by atoms with Gasteiger partial charge < -0.3 is 0 Å². The first kappa shape index (κ1) is 21.6. The third kappa shape index (κ3) is 5.47. The lowest BCUT2D eigenvalue weighted by Gasteiger charge is -2.12. The molecule has 0 aliphatic rings. The third-order valence-corrected chi connectivity index (χ3v) is 8.06. The molecule has 0 aliphatic carbocycles. The Morgan fingerprint density at radius 2 is 1.38 bits per heavy atom. The van der Waals surface area contributed by atoms with Gasteiger partial charge in [-0.15, -0.1) is 0 Å². The number of thioether (sulfide) groups is 1. The average molecular weight is 442 g/mol. The van der Waals surface area contributed by atoms with E-state index >= 15 is 0 Å². The first-order chi connectivity index (χ1) is 13.8. The van der Waals surface area contributed by atoms with Crippen molar-refractivity contribution in [3.05, 3.63) is 94.5 Å². The normalized spacial score (nSPS) is 11.2. The fraction of sp³-hybridized carbons (Fsp3) is 0.174. The zero-order valence-electron chi connectivity index (χ0n) is 16.8. The van der Waals surface area contributed by atoms with Gasteiger partial charge in [0.15, 0.2) is 0 Å². The minimum Gasteiger partial charge on any atom is -0.198 e. The van der Waals surface area contributed by atoms with Crippen molar-refractivity contribution in [1.29, 1.82) is 0 Å². The second-order valence-corrected chi connectivity index (χ2v) is 10.9. The lowest BCUT2D eigenvalue weighted by molar-refractivity contribution is 0.598. The third-order valence-electron chi connectivity index (χ3n) is 4.37. The van der Waals surface area contributed by atoms with Crippen LogP contribution in [-0.4, -0.2) is 12.6 Å². The van der Waals surface area contributed by atoms with E-state index in [4.69, 9.17) is 0 Å². The summed E-state index contributed by atoms with van der Waals surface area (Å²) in [6, 6.07) is 20.9. The van der Waals surface area contributed by atoms with E-state index in [1.807, 2.05) is 37.3 Å². The predicted molar refractivity (Wildman–Crippen MR) is 125 cm³/mol. The van der Waals surface area contributed by atoms with E-state index in [9.17, 15) is 8.42 Å². The summed E-state index contributed by atoms with van der Waals surface area (Å²) in [5, 5.41) is 0. The Hall–Kier alpha value is -2.15. The molecule has 0 amide bonds. The number of nitrogens with zero attached hydrogens (tertiary/aromatic N) is 1. The molecule has 3 rings (SSSR count). The van der Waals surface area contributed by atoms with Crippen LogP contribution in [0.4, 0.5) is 0 Å². The molecule has 0 heterocycles. The van der Waals surface area contributed by atoms with Crippen LogP contribution in [0.2, 0.25) is 0 Å². The molecule has 0 bridgehead atoms. The Morgan fingerprint density at radius 1 is 0.793 bits per heavy atom. The van der Waals surface area contributed by atoms with Crippen LogP contribution in [0.5, 0.6) is 0 Å². The van der Waals surface area contributed by atoms with Crippen molar-refractivity contribution in [1.82, 2.24) is 0 Å². The van der Waals surface area contributed by atoms with Crippen molar-refractivity contribution < 1.29 is 8.42 Å². The predicted octanol–water partition coefficient (Wildman–Crippen LogP) is 5.85. The average Bonchev–Trinajstić information content (AvgIpc) is 2.66. The first-order valence-corrected chi connectivity index (χ1v) is 12.2. The topological polar surface area (TPSA) is 46.5 Å². The molecule has 0 N–H and O–H groups in total. The fourth-order valence-corrected chi connectivity index (χ4v) is 6.59. The summed E-state index contributed by atoms with van der Waals surface area (Å²) in [6.07, 6.45) is 0. The van der Waals surface area contributed by atoms with Crippen molar-refractivity contribution in [3.63, 3.8) is 0 Å². The maximum atomic E-state index is 12.7. The minimum absolute atomic E-state index is 0.206. The summed E-state index contributed by atoms with van der Waals surface area (Å²) in [6.45, 7) is 8.09. The van der Waals surface area contributed by atoms with E-state index in [2.05, 4.69) is 36.7 Å². The van der Waals surface area contributed by atoms with Gasteiger partial charge in [0.05, 0.1) is 9.09 Å². The van der Waals surface area contributed by atoms with Crippen molar-refractivity contribution in [3.8, 4) is 0 Å². The van der Waals surface area contributed by atoms with Gasteiger partial charge in [-0.25, -0.2) is 0 Å². The highest BCUT2D eigenvalue weighted by Crippen LogP contribution is 2.27. The maximum absolute atomic E-state index is 12.7. The lowest BCUT2D eigenvalue weighted by atomic mass is 10.0. The molecular weight excluding hydrogens is 418 g/mol. The summed E-state index contributed by atoms with van der Waals surface area (Å²) >= 11 is 2.56. The van der Waals surface area contributed by atoms with Gasteiger partial charge in [-0.1, -0.05) is 69.1 Å². The zero-order chi connectivity index (χ0) is 21.0. The molecule has 0 spiro atoms. The molecule has 29 heavy (non-hydrogen) atoms. The molecule has 0 fully saturated rings. The van der Waals surface area contributed by atoms with Gasteiger partial charge >= 0.3 is 0 Å². The second-order valence-electron chi connectivity index (χ2n) is 6.93. The number of hydrogen-bond donors (Lipinski definition) is 0. The van der Waals surface area contributed by atoms with E-state index in [-0.39, 0.29) is 4.90 Å². The van der Waals surface area contributed by atoms with E-state index in [1.54, 1.807) is 24.3 Å². The van der Waals surface area contributed by atoms with Crippen LogP contribution in [0.15, 0.2) is 80.3 Å². The van der Waals surface area contributed by atoms with Gasteiger partial charge in [-0.3, -0.25) is 0 Å². The van der Waals surface area contributed by atoms with E-state index in [0.29, 0.717) is 0 Å². The van der Waals surface area contributed by atoms with Gasteiger partial charge in [0.25, 0.3) is 10.0 Å². The Kier molecular flexibility index (Phi) is 6.77. The zero-order valence-corrected chi connectivity index (χ0v) is 19.3. The highest BCUT2D eigenvalue weighted by atomic mass is 32.2. The number of sulfonamides is 1. The van der Waals surface area contributed by atoms with Gasteiger partial charge in [0.1, 0.15) is 0 Å². The SMILES string of the molecule is Cc1ccc(S(=O)(=O)N=S=C(Sc2ccccc2)c2c(C)cc(C)cc2C)cc1. The van der Waals surface area contributed by atoms with Gasteiger partial charge in [-0.05, 0) is 74.2 Å². The quantitative estimate of drug-likeness (QED) is 0.377. The van der Waals surface area contributed by atoms with Crippen molar-refractivity contribution in [2.75, 3.05) is 0 Å². The molecule has 3 nitrogen and oxygen atoms in total. The molecule has 150 valence electrons. The number of hydrogen-bond acceptors (Lipinski definition) is 3. The van der Waals surface area contributed by atoms with Crippen LogP contribution in [0, 0.1) is 27.7 Å². The molecular formula is C23H23NO2S3. The Labute approximate surface area is 181 Å². The monoisotopic (exact) mass is 441 g/mol. The standard InChI is InChI=1S/C23H23NO2S3/c1-16-10-12-21(13-11-16)29(25,26)24-28-23(27-20-8-6-5-7-9-20)22-18(3)14-17(2)15-19(22)4/h5-15H,1-4H3. The molecule has 0 aliphatic heterocycles. The first-order valence-electron chi connectivity index (χ1n) is 9.15. The summed E-state index contributed by atoms with van der Waals surface area (Å²) in [4.78, 5) is 1.24. The summed E-state index contributed by atoms with van der Waals surface area (Å²) in [7, 11) is -3.75. The van der Waals surface area contributed by atoms with Crippen LogP contribution in [0.1, 0.15) is 27.8 Å². The van der Waals surface area contributed by atoms with Crippen LogP contribution >= 0.6 is 11.8 Å². The van der Waals surface area contributed by atoms with Crippen molar-refractivity contribution in [2.24, 2.45) is 3.77 Å². The van der Waals surface area contributed by atoms with Gasteiger partial charge in [-0.2, -0.15) is 8.42 Å². The summed E-state index contributed by atoms with van der Waals surface area (Å²) in [5.74, 6) is 0. The molecule has 3 aromatic carbocycles. The van der Waals surface area contributed by atoms with Crippen LogP contribution in [0.25, 0.3) is 0 Å². The molecule has 0 radical (unpaired) electrons. The van der Waals surface area contributed by atoms with Crippen molar-refractivity contribution >= 4 is 37.1 Å². The van der Waals surface area contributed by atoms with Crippen molar-refractivity contribution in [2.45, 2.75) is 37.5 Å². The number of benzene rings is 3. The molecule has 6 heteroatoms. The second kappa shape index (κ2) is 9.11.